The van der Waals surface area contributed by atoms with Gasteiger partial charge in [-0.3, -0.25) is 14.4 Å². The fraction of sp³-hybridized carbons (Fsp3) is 0.783. The summed E-state index contributed by atoms with van der Waals surface area (Å²) in [5.41, 5.74) is 8.30. The zero-order valence-corrected chi connectivity index (χ0v) is 50.0. The van der Waals surface area contributed by atoms with Gasteiger partial charge in [-0.25, -0.2) is 9.59 Å². The number of ketones is 2. The van der Waals surface area contributed by atoms with E-state index in [1.54, 1.807) is 48.2 Å². The number of piperidine rings is 1. The summed E-state index contributed by atoms with van der Waals surface area (Å²) in [6.45, 7) is 13.9. The molecule has 0 unspecified atom stereocenters. The molecule has 21 nitrogen and oxygen atoms in total. The monoisotopic (exact) mass is 1150 g/mol. The van der Waals surface area contributed by atoms with Crippen molar-refractivity contribution < 1.29 is 86.7 Å². The lowest BCUT2D eigenvalue weighted by molar-refractivity contribution is -0.265. The topological polar surface area (TPSA) is 280 Å². The Morgan fingerprint density at radius 3 is 2.11 bits per heavy atom. The molecule has 1 saturated carbocycles. The van der Waals surface area contributed by atoms with E-state index in [1.165, 1.54) is 12.0 Å². The van der Waals surface area contributed by atoms with Crippen LogP contribution in [0, 0.1) is 29.6 Å². The molecular weight excluding hydrogens is 1050 g/mol. The molecular formula is C60H99N3O18. The predicted molar refractivity (Wildman–Crippen MR) is 302 cm³/mol. The van der Waals surface area contributed by atoms with Gasteiger partial charge in [-0.2, -0.15) is 0 Å². The summed E-state index contributed by atoms with van der Waals surface area (Å²) in [5, 5.41) is 37.4. The number of carbonyl (C=O) groups is 5. The number of fused-ring (bicyclic) bond motifs is 3. The van der Waals surface area contributed by atoms with Gasteiger partial charge in [-0.05, 0) is 101 Å². The molecule has 16 atom stereocenters. The molecule has 0 spiro atoms. The molecule has 3 heterocycles. The quantitative estimate of drug-likeness (QED) is 0.0487. The number of cyclic esters (lactones) is 1. The van der Waals surface area contributed by atoms with E-state index in [0.29, 0.717) is 109 Å². The second-order valence-corrected chi connectivity index (χ2v) is 22.6. The number of amides is 2. The molecule has 0 radical (unpaired) electrons. The molecule has 4 aliphatic rings. The Labute approximate surface area is 480 Å². The number of carbonyl (C=O) groups excluding carboxylic acids is 5. The number of Topliss-reactive ketones (excluding diaryl/α,β-unsaturated/α-hetero) is 2. The van der Waals surface area contributed by atoms with Gasteiger partial charge >= 0.3 is 12.1 Å². The summed E-state index contributed by atoms with van der Waals surface area (Å²) in [6, 6.07) is -1.99. The molecule has 3 fully saturated rings. The molecule has 6 N–H and O–H groups in total. The number of rotatable bonds is 19. The lowest BCUT2D eigenvalue weighted by Gasteiger charge is -2.43. The van der Waals surface area contributed by atoms with Crippen molar-refractivity contribution >= 4 is 29.5 Å². The Hall–Kier alpha value is -3.97. The maximum absolute atomic E-state index is 14.7. The highest BCUT2D eigenvalue weighted by Gasteiger charge is 2.53. The van der Waals surface area contributed by atoms with Crippen LogP contribution in [0.4, 0.5) is 4.79 Å². The first-order valence-electron chi connectivity index (χ1n) is 29.3. The van der Waals surface area contributed by atoms with Gasteiger partial charge in [0.25, 0.3) is 11.7 Å². The van der Waals surface area contributed by atoms with Gasteiger partial charge in [0.15, 0.2) is 5.78 Å². The maximum atomic E-state index is 14.7. The Morgan fingerprint density at radius 2 is 1.44 bits per heavy atom. The highest BCUT2D eigenvalue weighted by Crippen LogP contribution is 2.38. The molecule has 0 aromatic carbocycles. The zero-order chi connectivity index (χ0) is 59.6. The number of methoxy groups -OCH3 is 4. The molecule has 2 bridgehead atoms. The number of nitrogens with two attached hydrogens (primary N) is 1. The van der Waals surface area contributed by atoms with E-state index in [-0.39, 0.29) is 44.4 Å². The fourth-order valence-corrected chi connectivity index (χ4v) is 11.3. The van der Waals surface area contributed by atoms with E-state index < -0.39 is 114 Å². The van der Waals surface area contributed by atoms with Crippen LogP contribution >= 0.6 is 0 Å². The van der Waals surface area contributed by atoms with Crippen LogP contribution in [0.25, 0.3) is 0 Å². The third-order valence-corrected chi connectivity index (χ3v) is 16.4. The fourth-order valence-electron chi connectivity index (χ4n) is 11.3. The van der Waals surface area contributed by atoms with E-state index in [9.17, 15) is 39.3 Å². The number of alkyl carbamates (subject to hydrolysis) is 1. The summed E-state index contributed by atoms with van der Waals surface area (Å²) in [5.74, 6) is -7.83. The van der Waals surface area contributed by atoms with E-state index in [2.05, 4.69) is 5.32 Å². The molecule has 21 heteroatoms. The predicted octanol–water partition coefficient (Wildman–Crippen LogP) is 5.09. The number of nitrogens with one attached hydrogen (secondary N) is 1. The summed E-state index contributed by atoms with van der Waals surface area (Å²) in [7, 11) is 6.22. The Morgan fingerprint density at radius 1 is 0.765 bits per heavy atom. The second-order valence-electron chi connectivity index (χ2n) is 22.6. The molecule has 1 aliphatic carbocycles. The smallest absolute Gasteiger partial charge is 0.407 e. The standard InChI is InChI=1S/C60H99N3O18/c1-38-16-12-11-13-17-39(2)49(73-8)36-45-21-19-43(6)60(71,81-45)56(67)57(68)63-24-15-14-18-47(63)58(69)79-51(37-50(74-9)40(3)33-42(5)54(65)55(66)53(64)41(4)32-38)46(61)34-44-20-22-48(52(35-44)75-10)80-59(70)62-23-25-76-28-29-78-31-30-77-27-26-72-7/h11-13,16-17,33,38,40-41,43-52,54-55,65-66,71H,14-15,18-32,34-37,61H2,1-10H3,(H,62,70)/b13-11+,16-12+,39-17+,42-33+/t38-,40-,41-,43-,44+,45+,46-,47+,48-,49+,50-,51+,52-,54-,55+,60-/m1/s1. The van der Waals surface area contributed by atoms with Crippen molar-refractivity contribution in [2.75, 3.05) is 87.8 Å². The lowest BCUT2D eigenvalue weighted by Crippen LogP contribution is -2.61. The van der Waals surface area contributed by atoms with Crippen LogP contribution in [-0.2, 0) is 66.5 Å². The van der Waals surface area contributed by atoms with E-state index in [1.807, 2.05) is 51.2 Å². The third-order valence-electron chi connectivity index (χ3n) is 16.4. The van der Waals surface area contributed by atoms with E-state index in [4.69, 9.17) is 53.1 Å². The minimum absolute atomic E-state index is 0.0421. The largest absolute Gasteiger partial charge is 0.459 e. The molecule has 0 aromatic heterocycles. The van der Waals surface area contributed by atoms with Gasteiger partial charge in [0.1, 0.15) is 30.5 Å². The average Bonchev–Trinajstić information content (AvgIpc) is 3.57. The van der Waals surface area contributed by atoms with Crippen molar-refractivity contribution in [2.24, 2.45) is 35.3 Å². The highest BCUT2D eigenvalue weighted by atomic mass is 16.6. The number of esters is 1. The first-order chi connectivity index (χ1) is 38.7. The minimum atomic E-state index is -2.46. The van der Waals surface area contributed by atoms with Crippen molar-refractivity contribution in [2.45, 2.75) is 185 Å². The minimum Gasteiger partial charge on any atom is -0.459 e. The van der Waals surface area contributed by atoms with Crippen molar-refractivity contribution in [3.8, 4) is 0 Å². The van der Waals surface area contributed by atoms with Crippen LogP contribution in [-0.4, -0.2) is 204 Å². The summed E-state index contributed by atoms with van der Waals surface area (Å²) in [6.07, 6.45) is 8.34. The van der Waals surface area contributed by atoms with Crippen molar-refractivity contribution in [1.29, 1.82) is 0 Å². The van der Waals surface area contributed by atoms with Gasteiger partial charge in [0, 0.05) is 78.2 Å². The first-order valence-corrected chi connectivity index (χ1v) is 29.3. The summed E-state index contributed by atoms with van der Waals surface area (Å²) < 4.78 is 57.5. The van der Waals surface area contributed by atoms with Crippen molar-refractivity contribution in [1.82, 2.24) is 10.2 Å². The number of nitrogens with zero attached hydrogens (tertiary/aromatic N) is 1. The van der Waals surface area contributed by atoms with Crippen LogP contribution in [0.2, 0.25) is 0 Å². The van der Waals surface area contributed by atoms with Crippen molar-refractivity contribution in [3.05, 3.63) is 47.6 Å². The molecule has 0 aromatic rings. The first kappa shape index (κ1) is 69.5. The lowest BCUT2D eigenvalue weighted by atomic mass is 9.80. The summed E-state index contributed by atoms with van der Waals surface area (Å²) in [4.78, 5) is 71.1. The van der Waals surface area contributed by atoms with Crippen LogP contribution < -0.4 is 11.1 Å². The summed E-state index contributed by atoms with van der Waals surface area (Å²) >= 11 is 0. The molecule has 2 saturated heterocycles. The van der Waals surface area contributed by atoms with Crippen LogP contribution in [0.15, 0.2) is 47.6 Å². The van der Waals surface area contributed by atoms with Crippen LogP contribution in [0.5, 0.6) is 0 Å². The SMILES string of the molecule is COCCOCCOCCOCCNC(=O)O[C@@H]1CC[C@@H](C[C@@H](N)[C@@H]2C[C@@H](OC)[C@H](C)/C=C(\C)[C@@H](O)[C@@H](O)C(=O)[C@H](C)C[C@H](C)/C=C/C=C/C=C(\C)[C@@H](OC)C[C@@H]3CC[C@@H](C)[C@@](O)(O3)C(=O)C(=O)N3CCCC[C@H]3C(=O)O2)C[C@H]1OC. The maximum Gasteiger partial charge on any atom is 0.407 e. The van der Waals surface area contributed by atoms with Gasteiger partial charge < -0.3 is 78.6 Å². The Balaban J connectivity index is 1.55. The molecule has 4 rings (SSSR count). The van der Waals surface area contributed by atoms with E-state index >= 15 is 0 Å². The number of hydrogen-bond donors (Lipinski definition) is 5. The van der Waals surface area contributed by atoms with E-state index in [0.717, 1.165) is 5.57 Å². The van der Waals surface area contributed by atoms with Crippen molar-refractivity contribution in [3.63, 3.8) is 0 Å². The third kappa shape index (κ3) is 21.9. The molecule has 3 aliphatic heterocycles. The average molecular weight is 1150 g/mol. The van der Waals surface area contributed by atoms with Gasteiger partial charge in [0.05, 0.1) is 70.7 Å². The number of aliphatic hydroxyl groups is 3. The number of allylic oxidation sites excluding steroid dienone is 5. The van der Waals surface area contributed by atoms with Crippen LogP contribution in [0.1, 0.15) is 119 Å². The normalized spacial score (nSPS) is 35.6. The Kier molecular flexibility index (Phi) is 30.9. The van der Waals surface area contributed by atoms with Gasteiger partial charge in [-0.1, -0.05) is 64.2 Å². The second kappa shape index (κ2) is 36.0. The van der Waals surface area contributed by atoms with Gasteiger partial charge in [-0.15, -0.1) is 0 Å². The van der Waals surface area contributed by atoms with Gasteiger partial charge in [0.2, 0.25) is 5.79 Å². The Bertz CT molecular complexity index is 2070. The highest BCUT2D eigenvalue weighted by molar-refractivity contribution is 6.39. The molecule has 81 heavy (non-hydrogen) atoms. The molecule has 462 valence electrons. The number of hydrogen-bond acceptors (Lipinski definition) is 19. The number of aliphatic hydroxyl groups excluding tert-OH is 2. The molecule has 2 amide bonds. The number of ether oxygens (including phenoxy) is 10. The van der Waals surface area contributed by atoms with Crippen LogP contribution in [0.3, 0.4) is 0 Å². The zero-order valence-electron chi connectivity index (χ0n) is 50.0.